The predicted molar refractivity (Wildman–Crippen MR) is 101 cm³/mol. The van der Waals surface area contributed by atoms with E-state index in [2.05, 4.69) is 32.8 Å². The third-order valence-electron chi connectivity index (χ3n) is 3.54. The molecule has 0 amide bonds. The Morgan fingerprint density at radius 2 is 2.04 bits per heavy atom. The standard InChI is InChI=1S/C18H22BrN3O3/c1-4-6-9-25-14-8-7-12(19)10-13(14)16-15(17(23)24-5-2)11(3)21-18(20)22-16/h7-8,10H,4-6,9H2,1-3H3,(H2,20,21,22). The van der Waals surface area contributed by atoms with Crippen molar-refractivity contribution in [2.24, 2.45) is 0 Å². The van der Waals surface area contributed by atoms with Gasteiger partial charge in [0.05, 0.1) is 24.6 Å². The molecule has 0 aliphatic heterocycles. The number of ether oxygens (including phenoxy) is 2. The predicted octanol–water partition coefficient (Wildman–Crippen LogP) is 4.15. The minimum absolute atomic E-state index is 0.0973. The molecule has 0 fully saturated rings. The third kappa shape index (κ3) is 4.69. The number of carbonyl (C=O) groups is 1. The number of hydrogen-bond acceptors (Lipinski definition) is 6. The molecule has 0 saturated heterocycles. The molecule has 0 radical (unpaired) electrons. The van der Waals surface area contributed by atoms with Crippen molar-refractivity contribution in [2.75, 3.05) is 18.9 Å². The van der Waals surface area contributed by atoms with Gasteiger partial charge in [-0.3, -0.25) is 0 Å². The number of unbranched alkanes of at least 4 members (excludes halogenated alkanes) is 1. The van der Waals surface area contributed by atoms with Crippen molar-refractivity contribution in [3.63, 3.8) is 0 Å². The minimum atomic E-state index is -0.477. The summed E-state index contributed by atoms with van der Waals surface area (Å²) in [5.74, 6) is 0.259. The van der Waals surface area contributed by atoms with Crippen molar-refractivity contribution >= 4 is 27.8 Å². The van der Waals surface area contributed by atoms with E-state index in [4.69, 9.17) is 15.2 Å². The van der Waals surface area contributed by atoms with Crippen LogP contribution in [0.2, 0.25) is 0 Å². The second-order valence-electron chi connectivity index (χ2n) is 5.45. The number of nitrogens with zero attached hydrogens (tertiary/aromatic N) is 2. The molecule has 0 unspecified atom stereocenters. The summed E-state index contributed by atoms with van der Waals surface area (Å²) in [4.78, 5) is 20.8. The van der Waals surface area contributed by atoms with Gasteiger partial charge in [-0.05, 0) is 38.5 Å². The highest BCUT2D eigenvalue weighted by atomic mass is 79.9. The molecule has 2 rings (SSSR count). The molecule has 0 aliphatic rings. The molecule has 0 saturated carbocycles. The van der Waals surface area contributed by atoms with Crippen LogP contribution < -0.4 is 10.5 Å². The topological polar surface area (TPSA) is 87.3 Å². The minimum Gasteiger partial charge on any atom is -0.493 e. The van der Waals surface area contributed by atoms with Gasteiger partial charge in [-0.15, -0.1) is 0 Å². The number of nitrogen functional groups attached to an aromatic ring is 1. The summed E-state index contributed by atoms with van der Waals surface area (Å²) >= 11 is 3.46. The molecule has 7 heteroatoms. The van der Waals surface area contributed by atoms with E-state index < -0.39 is 5.97 Å². The van der Waals surface area contributed by atoms with Gasteiger partial charge in [-0.2, -0.15) is 0 Å². The molecule has 134 valence electrons. The maximum absolute atomic E-state index is 12.4. The maximum atomic E-state index is 12.4. The van der Waals surface area contributed by atoms with Crippen molar-refractivity contribution < 1.29 is 14.3 Å². The van der Waals surface area contributed by atoms with Crippen LogP contribution in [0.5, 0.6) is 5.75 Å². The average Bonchev–Trinajstić information content (AvgIpc) is 2.55. The molecule has 2 aromatic rings. The van der Waals surface area contributed by atoms with Crippen LogP contribution in [0, 0.1) is 6.92 Å². The fourth-order valence-electron chi connectivity index (χ4n) is 2.38. The SMILES string of the molecule is CCCCOc1ccc(Br)cc1-c1nc(N)nc(C)c1C(=O)OCC. The smallest absolute Gasteiger partial charge is 0.342 e. The molecule has 0 aliphatic carbocycles. The number of esters is 1. The van der Waals surface area contributed by atoms with E-state index in [1.165, 1.54) is 0 Å². The van der Waals surface area contributed by atoms with Crippen LogP contribution in [-0.4, -0.2) is 29.2 Å². The summed E-state index contributed by atoms with van der Waals surface area (Å²) < 4.78 is 11.9. The van der Waals surface area contributed by atoms with Crippen molar-refractivity contribution in [3.05, 3.63) is 33.9 Å². The summed E-state index contributed by atoms with van der Waals surface area (Å²) in [6.45, 7) is 6.41. The maximum Gasteiger partial charge on any atom is 0.342 e. The molecule has 0 bridgehead atoms. The first-order valence-corrected chi connectivity index (χ1v) is 9.01. The zero-order valence-electron chi connectivity index (χ0n) is 14.6. The summed E-state index contributed by atoms with van der Waals surface area (Å²) in [7, 11) is 0. The Morgan fingerprint density at radius 3 is 2.72 bits per heavy atom. The molecule has 1 aromatic heterocycles. The van der Waals surface area contributed by atoms with Crippen LogP contribution in [0.4, 0.5) is 5.95 Å². The highest BCUT2D eigenvalue weighted by Crippen LogP contribution is 2.35. The second kappa shape index (κ2) is 8.80. The highest BCUT2D eigenvalue weighted by Gasteiger charge is 2.23. The largest absolute Gasteiger partial charge is 0.493 e. The van der Waals surface area contributed by atoms with Crippen LogP contribution in [-0.2, 0) is 4.74 Å². The lowest BCUT2D eigenvalue weighted by atomic mass is 10.0. The van der Waals surface area contributed by atoms with Crippen LogP contribution in [0.25, 0.3) is 11.3 Å². The molecular formula is C18H22BrN3O3. The van der Waals surface area contributed by atoms with Crippen LogP contribution in [0.1, 0.15) is 42.7 Å². The summed E-state index contributed by atoms with van der Waals surface area (Å²) in [5.41, 5.74) is 7.68. The first kappa shape index (κ1) is 19.2. The number of aryl methyl sites for hydroxylation is 1. The molecule has 2 N–H and O–H groups in total. The highest BCUT2D eigenvalue weighted by molar-refractivity contribution is 9.10. The number of rotatable bonds is 7. The fraction of sp³-hybridized carbons (Fsp3) is 0.389. The van der Waals surface area contributed by atoms with Crippen molar-refractivity contribution in [1.29, 1.82) is 0 Å². The van der Waals surface area contributed by atoms with E-state index in [1.807, 2.05) is 18.2 Å². The third-order valence-corrected chi connectivity index (χ3v) is 4.03. The zero-order chi connectivity index (χ0) is 18.4. The zero-order valence-corrected chi connectivity index (χ0v) is 16.2. The van der Waals surface area contributed by atoms with Crippen molar-refractivity contribution in [3.8, 4) is 17.0 Å². The number of halogens is 1. The molecule has 6 nitrogen and oxygen atoms in total. The fourth-order valence-corrected chi connectivity index (χ4v) is 2.74. The monoisotopic (exact) mass is 407 g/mol. The first-order valence-electron chi connectivity index (χ1n) is 8.21. The number of aromatic nitrogens is 2. The van der Waals surface area contributed by atoms with Gasteiger partial charge in [0.15, 0.2) is 0 Å². The lowest BCUT2D eigenvalue weighted by molar-refractivity contribution is 0.0525. The van der Waals surface area contributed by atoms with Crippen molar-refractivity contribution in [1.82, 2.24) is 9.97 Å². The van der Waals surface area contributed by atoms with E-state index >= 15 is 0 Å². The molecule has 1 heterocycles. The molecular weight excluding hydrogens is 386 g/mol. The Hall–Kier alpha value is -2.15. The van der Waals surface area contributed by atoms with E-state index in [1.54, 1.807) is 13.8 Å². The second-order valence-corrected chi connectivity index (χ2v) is 6.37. The van der Waals surface area contributed by atoms with Gasteiger partial charge in [0, 0.05) is 10.0 Å². The summed E-state index contributed by atoms with van der Waals surface area (Å²) in [6.07, 6.45) is 1.96. The molecule has 25 heavy (non-hydrogen) atoms. The van der Waals surface area contributed by atoms with Gasteiger partial charge in [0.25, 0.3) is 0 Å². The van der Waals surface area contributed by atoms with Crippen LogP contribution in [0.3, 0.4) is 0 Å². The number of hydrogen-bond donors (Lipinski definition) is 1. The Labute approximate surface area is 155 Å². The van der Waals surface area contributed by atoms with Crippen LogP contribution in [0.15, 0.2) is 22.7 Å². The quantitative estimate of drug-likeness (QED) is 0.547. The van der Waals surface area contributed by atoms with Crippen molar-refractivity contribution in [2.45, 2.75) is 33.6 Å². The lowest BCUT2D eigenvalue weighted by Gasteiger charge is -2.15. The van der Waals surface area contributed by atoms with Gasteiger partial charge in [0.1, 0.15) is 11.3 Å². The Morgan fingerprint density at radius 1 is 1.28 bits per heavy atom. The van der Waals surface area contributed by atoms with E-state index in [-0.39, 0.29) is 12.6 Å². The van der Waals surface area contributed by atoms with Gasteiger partial charge in [0.2, 0.25) is 5.95 Å². The Balaban J connectivity index is 2.60. The lowest BCUT2D eigenvalue weighted by Crippen LogP contribution is -2.13. The van der Waals surface area contributed by atoms with Gasteiger partial charge in [-0.1, -0.05) is 29.3 Å². The average molecular weight is 408 g/mol. The van der Waals surface area contributed by atoms with Gasteiger partial charge < -0.3 is 15.2 Å². The molecule has 0 spiro atoms. The number of benzene rings is 1. The van der Waals surface area contributed by atoms with Crippen LogP contribution >= 0.6 is 15.9 Å². The van der Waals surface area contributed by atoms with Gasteiger partial charge in [-0.25, -0.2) is 14.8 Å². The number of carbonyl (C=O) groups excluding carboxylic acids is 1. The Bertz CT molecular complexity index is 765. The first-order chi connectivity index (χ1) is 12.0. The summed E-state index contributed by atoms with van der Waals surface area (Å²) in [6, 6.07) is 5.58. The number of anilines is 1. The Kier molecular flexibility index (Phi) is 6.75. The summed E-state index contributed by atoms with van der Waals surface area (Å²) in [5, 5.41) is 0. The van der Waals surface area contributed by atoms with E-state index in [0.717, 1.165) is 17.3 Å². The normalized spacial score (nSPS) is 10.6. The van der Waals surface area contributed by atoms with Gasteiger partial charge >= 0.3 is 5.97 Å². The number of nitrogens with two attached hydrogens (primary N) is 1. The van der Waals surface area contributed by atoms with E-state index in [9.17, 15) is 4.79 Å². The van der Waals surface area contributed by atoms with E-state index in [0.29, 0.717) is 34.9 Å². The molecule has 0 atom stereocenters. The molecule has 1 aromatic carbocycles.